The number of piperidine rings is 1. The Morgan fingerprint density at radius 1 is 1.05 bits per heavy atom. The first kappa shape index (κ1) is 15.6. The lowest BCUT2D eigenvalue weighted by Gasteiger charge is -2.36. The first-order valence-electron chi connectivity index (χ1n) is 8.28. The van der Waals surface area contributed by atoms with Gasteiger partial charge in [-0.05, 0) is 49.9 Å². The quantitative estimate of drug-likeness (QED) is 0.887. The number of anilines is 1. The second kappa shape index (κ2) is 7.34. The minimum Gasteiger partial charge on any atom is -0.335 e. The zero-order valence-electron chi connectivity index (χ0n) is 12.9. The largest absolute Gasteiger partial charge is 0.335 e. The molecule has 22 heavy (non-hydrogen) atoms. The Balaban J connectivity index is 1.42. The number of halogens is 1. The van der Waals surface area contributed by atoms with Crippen molar-refractivity contribution in [2.75, 3.05) is 18.4 Å². The molecule has 1 saturated carbocycles. The monoisotopic (exact) mass is 321 g/mol. The number of nitrogens with one attached hydrogen (secondary N) is 2. The molecule has 0 bridgehead atoms. The van der Waals surface area contributed by atoms with Crippen LogP contribution in [-0.4, -0.2) is 36.1 Å². The number of likely N-dealkylation sites (tertiary alicyclic amines) is 1. The van der Waals surface area contributed by atoms with E-state index < -0.39 is 0 Å². The van der Waals surface area contributed by atoms with Crippen LogP contribution in [-0.2, 0) is 0 Å². The van der Waals surface area contributed by atoms with Gasteiger partial charge in [0.25, 0.3) is 0 Å². The highest BCUT2D eigenvalue weighted by Crippen LogP contribution is 2.26. The van der Waals surface area contributed by atoms with Gasteiger partial charge in [-0.1, -0.05) is 24.4 Å². The van der Waals surface area contributed by atoms with E-state index in [4.69, 9.17) is 11.6 Å². The Morgan fingerprint density at radius 3 is 2.32 bits per heavy atom. The average molecular weight is 322 g/mol. The highest BCUT2D eigenvalue weighted by Gasteiger charge is 2.27. The molecule has 1 heterocycles. The Bertz CT molecular complexity index is 491. The zero-order valence-corrected chi connectivity index (χ0v) is 13.6. The van der Waals surface area contributed by atoms with Crippen LogP contribution in [0.1, 0.15) is 38.5 Å². The molecule has 0 atom stereocenters. The van der Waals surface area contributed by atoms with Gasteiger partial charge in [0.2, 0.25) is 0 Å². The van der Waals surface area contributed by atoms with Gasteiger partial charge in [-0.15, -0.1) is 0 Å². The van der Waals surface area contributed by atoms with Crippen molar-refractivity contribution >= 4 is 23.3 Å². The molecule has 2 N–H and O–H groups in total. The van der Waals surface area contributed by atoms with Crippen LogP contribution in [0, 0.1) is 0 Å². The van der Waals surface area contributed by atoms with E-state index in [-0.39, 0.29) is 12.1 Å². The van der Waals surface area contributed by atoms with Gasteiger partial charge >= 0.3 is 6.03 Å². The van der Waals surface area contributed by atoms with Crippen LogP contribution < -0.4 is 10.6 Å². The van der Waals surface area contributed by atoms with Crippen molar-refractivity contribution in [3.63, 3.8) is 0 Å². The zero-order chi connectivity index (χ0) is 15.4. The van der Waals surface area contributed by atoms with Crippen molar-refractivity contribution in [3.05, 3.63) is 29.3 Å². The maximum atomic E-state index is 12.0. The van der Waals surface area contributed by atoms with Crippen molar-refractivity contribution in [1.82, 2.24) is 10.2 Å². The summed E-state index contributed by atoms with van der Waals surface area (Å²) >= 11 is 5.84. The van der Waals surface area contributed by atoms with E-state index in [0.717, 1.165) is 37.7 Å². The molecule has 120 valence electrons. The number of carbonyl (C=O) groups excluding carboxylic acids is 1. The van der Waals surface area contributed by atoms with Gasteiger partial charge in [0, 0.05) is 35.9 Å². The van der Waals surface area contributed by atoms with Crippen LogP contribution in [0.3, 0.4) is 0 Å². The smallest absolute Gasteiger partial charge is 0.319 e. The van der Waals surface area contributed by atoms with Crippen LogP contribution >= 0.6 is 11.6 Å². The normalized spacial score (nSPS) is 21.0. The molecule has 0 spiro atoms. The predicted octanol–water partition coefficient (Wildman–Crippen LogP) is 3.87. The molecule has 1 aromatic carbocycles. The van der Waals surface area contributed by atoms with Crippen LogP contribution in [0.25, 0.3) is 0 Å². The lowest BCUT2D eigenvalue weighted by molar-refractivity contribution is 0.147. The van der Waals surface area contributed by atoms with Crippen LogP contribution in [0.4, 0.5) is 10.5 Å². The van der Waals surface area contributed by atoms with E-state index in [9.17, 15) is 4.79 Å². The van der Waals surface area contributed by atoms with E-state index in [0.29, 0.717) is 5.02 Å². The van der Waals surface area contributed by atoms with Crippen molar-refractivity contribution in [1.29, 1.82) is 0 Å². The van der Waals surface area contributed by atoms with Gasteiger partial charge < -0.3 is 15.5 Å². The topological polar surface area (TPSA) is 44.4 Å². The van der Waals surface area contributed by atoms with E-state index in [2.05, 4.69) is 15.5 Å². The molecule has 4 nitrogen and oxygen atoms in total. The van der Waals surface area contributed by atoms with E-state index in [1.54, 1.807) is 12.1 Å². The van der Waals surface area contributed by atoms with E-state index in [1.807, 2.05) is 12.1 Å². The molecule has 1 aliphatic carbocycles. The lowest BCUT2D eigenvalue weighted by Crippen LogP contribution is -2.48. The van der Waals surface area contributed by atoms with Gasteiger partial charge in [0.15, 0.2) is 0 Å². The summed E-state index contributed by atoms with van der Waals surface area (Å²) in [4.78, 5) is 14.6. The van der Waals surface area contributed by atoms with Crippen LogP contribution in [0.5, 0.6) is 0 Å². The van der Waals surface area contributed by atoms with Gasteiger partial charge in [-0.3, -0.25) is 0 Å². The van der Waals surface area contributed by atoms with E-state index >= 15 is 0 Å². The fraction of sp³-hybridized carbons (Fsp3) is 0.588. The van der Waals surface area contributed by atoms with Gasteiger partial charge in [0.1, 0.15) is 0 Å². The van der Waals surface area contributed by atoms with Crippen molar-refractivity contribution in [2.24, 2.45) is 0 Å². The number of amides is 2. The summed E-state index contributed by atoms with van der Waals surface area (Å²) in [5.74, 6) is 0. The Morgan fingerprint density at radius 2 is 1.68 bits per heavy atom. The minimum absolute atomic E-state index is 0.123. The number of hydrogen-bond acceptors (Lipinski definition) is 2. The van der Waals surface area contributed by atoms with Crippen molar-refractivity contribution < 1.29 is 4.79 Å². The summed E-state index contributed by atoms with van der Waals surface area (Å²) in [5.41, 5.74) is 0.769. The molecule has 1 aliphatic heterocycles. The third kappa shape index (κ3) is 4.14. The molecule has 2 amide bonds. The molecule has 2 aliphatic rings. The fourth-order valence-electron chi connectivity index (χ4n) is 3.56. The summed E-state index contributed by atoms with van der Waals surface area (Å²) < 4.78 is 0. The van der Waals surface area contributed by atoms with E-state index in [1.165, 1.54) is 25.7 Å². The van der Waals surface area contributed by atoms with Gasteiger partial charge in [0.05, 0.1) is 0 Å². The summed E-state index contributed by atoms with van der Waals surface area (Å²) in [6, 6.07) is 8.12. The summed E-state index contributed by atoms with van der Waals surface area (Å²) in [7, 11) is 0. The molecule has 0 radical (unpaired) electrons. The SMILES string of the molecule is O=C(Nc1ccc(Cl)cc1)NC1CCN(C2CCCC2)CC1. The molecule has 1 saturated heterocycles. The third-order valence-electron chi connectivity index (χ3n) is 4.81. The molecule has 0 unspecified atom stereocenters. The number of benzene rings is 1. The number of nitrogens with zero attached hydrogens (tertiary/aromatic N) is 1. The molecule has 3 rings (SSSR count). The highest BCUT2D eigenvalue weighted by atomic mass is 35.5. The number of hydrogen-bond donors (Lipinski definition) is 2. The summed E-state index contributed by atoms with van der Waals surface area (Å²) in [5, 5.41) is 6.62. The summed E-state index contributed by atoms with van der Waals surface area (Å²) in [6.45, 7) is 2.22. The molecular weight excluding hydrogens is 298 g/mol. The molecule has 5 heteroatoms. The maximum absolute atomic E-state index is 12.0. The Hall–Kier alpha value is -1.26. The van der Waals surface area contributed by atoms with Crippen LogP contribution in [0.2, 0.25) is 5.02 Å². The lowest BCUT2D eigenvalue weighted by atomic mass is 10.0. The second-order valence-corrected chi connectivity index (χ2v) is 6.79. The highest BCUT2D eigenvalue weighted by molar-refractivity contribution is 6.30. The minimum atomic E-state index is -0.123. The fourth-order valence-corrected chi connectivity index (χ4v) is 3.69. The van der Waals surface area contributed by atoms with Crippen LogP contribution in [0.15, 0.2) is 24.3 Å². The Labute approximate surface area is 137 Å². The number of carbonyl (C=O) groups is 1. The maximum Gasteiger partial charge on any atom is 0.319 e. The standard InChI is InChI=1S/C17H24ClN3O/c18-13-5-7-14(8-6-13)19-17(22)20-15-9-11-21(12-10-15)16-3-1-2-4-16/h5-8,15-16H,1-4,9-12H2,(H2,19,20,22). The van der Waals surface area contributed by atoms with Gasteiger partial charge in [-0.2, -0.15) is 0 Å². The molecular formula is C17H24ClN3O. The second-order valence-electron chi connectivity index (χ2n) is 6.35. The number of rotatable bonds is 3. The Kier molecular flexibility index (Phi) is 5.21. The number of urea groups is 1. The predicted molar refractivity (Wildman–Crippen MR) is 90.5 cm³/mol. The first-order valence-corrected chi connectivity index (χ1v) is 8.65. The average Bonchev–Trinajstić information content (AvgIpc) is 3.05. The van der Waals surface area contributed by atoms with Crippen molar-refractivity contribution in [3.8, 4) is 0 Å². The molecule has 0 aromatic heterocycles. The first-order chi connectivity index (χ1) is 10.7. The molecule has 1 aromatic rings. The summed E-state index contributed by atoms with van der Waals surface area (Å²) in [6.07, 6.45) is 7.57. The van der Waals surface area contributed by atoms with Crippen molar-refractivity contribution in [2.45, 2.75) is 50.6 Å². The third-order valence-corrected chi connectivity index (χ3v) is 5.06. The molecule has 2 fully saturated rings. The van der Waals surface area contributed by atoms with Gasteiger partial charge in [-0.25, -0.2) is 4.79 Å².